The molecule has 4 nitrogen and oxygen atoms in total. The minimum atomic E-state index is -0.220. The Bertz CT molecular complexity index is 573. The van der Waals surface area contributed by atoms with Crippen molar-refractivity contribution in [2.75, 3.05) is 6.61 Å². The van der Waals surface area contributed by atoms with Gasteiger partial charge in [-0.25, -0.2) is 0 Å². The number of nitrogens with one attached hydrogen (secondary N) is 1. The smallest absolute Gasteiger partial charge is 0.252 e. The molecule has 3 rings (SSSR count). The molecule has 2 N–H and O–H groups in total. The number of pyridine rings is 1. The second-order valence-electron chi connectivity index (χ2n) is 5.64. The predicted octanol–water partition coefficient (Wildman–Crippen LogP) is 1.34. The molecule has 1 amide bonds. The Labute approximate surface area is 118 Å². The second-order valence-corrected chi connectivity index (χ2v) is 5.64. The van der Waals surface area contributed by atoms with Crippen LogP contribution in [0.5, 0.6) is 0 Å². The van der Waals surface area contributed by atoms with Crippen LogP contribution in [0.4, 0.5) is 0 Å². The van der Waals surface area contributed by atoms with Crippen molar-refractivity contribution in [3.05, 3.63) is 29.6 Å². The van der Waals surface area contributed by atoms with Crippen molar-refractivity contribution in [2.45, 2.75) is 31.7 Å². The molecule has 0 aliphatic heterocycles. The van der Waals surface area contributed by atoms with Crippen molar-refractivity contribution in [1.29, 1.82) is 0 Å². The molecule has 3 atom stereocenters. The molecule has 0 spiro atoms. The van der Waals surface area contributed by atoms with Crippen molar-refractivity contribution in [3.63, 3.8) is 0 Å². The summed E-state index contributed by atoms with van der Waals surface area (Å²) >= 11 is 0. The molecule has 2 saturated carbocycles. The Balaban J connectivity index is 1.74. The van der Waals surface area contributed by atoms with Crippen LogP contribution in [0.15, 0.2) is 18.5 Å². The number of aliphatic hydroxyl groups is 1. The fourth-order valence-corrected chi connectivity index (χ4v) is 3.49. The number of fused-ring (bicyclic) bond motifs is 2. The number of amides is 1. The Hall–Kier alpha value is -1.86. The molecule has 4 heteroatoms. The van der Waals surface area contributed by atoms with E-state index in [4.69, 9.17) is 5.11 Å². The van der Waals surface area contributed by atoms with Gasteiger partial charge < -0.3 is 10.4 Å². The first-order valence-electron chi connectivity index (χ1n) is 7.12. The minimum Gasteiger partial charge on any atom is -0.384 e. The van der Waals surface area contributed by atoms with Gasteiger partial charge in [-0.15, -0.1) is 0 Å². The molecule has 0 radical (unpaired) electrons. The van der Waals surface area contributed by atoms with Gasteiger partial charge in [0.25, 0.3) is 5.91 Å². The van der Waals surface area contributed by atoms with E-state index in [-0.39, 0.29) is 12.5 Å². The summed E-state index contributed by atoms with van der Waals surface area (Å²) in [4.78, 5) is 16.4. The number of carbonyl (C=O) groups excluding carboxylic acids is 1. The van der Waals surface area contributed by atoms with Crippen LogP contribution in [-0.2, 0) is 0 Å². The van der Waals surface area contributed by atoms with Crippen LogP contribution in [0.25, 0.3) is 0 Å². The lowest BCUT2D eigenvalue weighted by atomic mass is 9.95. The third-order valence-electron chi connectivity index (χ3n) is 4.42. The molecule has 2 aliphatic rings. The summed E-state index contributed by atoms with van der Waals surface area (Å²) in [6, 6.07) is 2.00. The van der Waals surface area contributed by atoms with E-state index in [1.165, 1.54) is 19.3 Å². The molecule has 2 bridgehead atoms. The SMILES string of the molecule is O=C(NC1CC2CCC1C2)c1ccncc1C#CCO. The summed E-state index contributed by atoms with van der Waals surface area (Å²) in [6.07, 6.45) is 8.10. The Morgan fingerprint density at radius 2 is 2.35 bits per heavy atom. The van der Waals surface area contributed by atoms with Crippen LogP contribution in [0.3, 0.4) is 0 Å². The van der Waals surface area contributed by atoms with E-state index in [9.17, 15) is 4.79 Å². The number of aromatic nitrogens is 1. The highest BCUT2D eigenvalue weighted by Gasteiger charge is 2.40. The quantitative estimate of drug-likeness (QED) is 0.797. The van der Waals surface area contributed by atoms with Gasteiger partial charge in [0.1, 0.15) is 6.61 Å². The van der Waals surface area contributed by atoms with E-state index in [0.717, 1.165) is 12.3 Å². The fourth-order valence-electron chi connectivity index (χ4n) is 3.49. The maximum Gasteiger partial charge on any atom is 0.252 e. The first-order valence-corrected chi connectivity index (χ1v) is 7.12. The molecule has 1 aromatic rings. The highest BCUT2D eigenvalue weighted by atomic mass is 16.2. The van der Waals surface area contributed by atoms with Crippen molar-refractivity contribution in [2.24, 2.45) is 11.8 Å². The summed E-state index contributed by atoms with van der Waals surface area (Å²) in [6.45, 7) is -0.220. The molecule has 0 aromatic carbocycles. The molecule has 0 saturated heterocycles. The van der Waals surface area contributed by atoms with Crippen LogP contribution in [0.1, 0.15) is 41.6 Å². The normalized spacial score (nSPS) is 26.9. The number of aliphatic hydroxyl groups excluding tert-OH is 1. The average molecular weight is 270 g/mol. The highest BCUT2D eigenvalue weighted by Crippen LogP contribution is 2.44. The zero-order chi connectivity index (χ0) is 13.9. The van der Waals surface area contributed by atoms with Gasteiger partial charge in [0, 0.05) is 18.4 Å². The summed E-state index contributed by atoms with van der Waals surface area (Å²) < 4.78 is 0. The van der Waals surface area contributed by atoms with Gasteiger partial charge in [0.2, 0.25) is 0 Å². The van der Waals surface area contributed by atoms with Crippen molar-refractivity contribution < 1.29 is 9.90 Å². The van der Waals surface area contributed by atoms with Crippen LogP contribution in [0.2, 0.25) is 0 Å². The minimum absolute atomic E-state index is 0.0767. The van der Waals surface area contributed by atoms with Gasteiger partial charge in [-0.1, -0.05) is 18.3 Å². The third-order valence-corrected chi connectivity index (χ3v) is 4.42. The topological polar surface area (TPSA) is 62.2 Å². The molecule has 104 valence electrons. The van der Waals surface area contributed by atoms with E-state index in [0.29, 0.717) is 23.1 Å². The molecule has 1 aromatic heterocycles. The average Bonchev–Trinajstić information content (AvgIpc) is 3.08. The molecular formula is C16H18N2O2. The summed E-state index contributed by atoms with van der Waals surface area (Å²) in [5.41, 5.74) is 1.12. The van der Waals surface area contributed by atoms with Gasteiger partial charge >= 0.3 is 0 Å². The summed E-state index contributed by atoms with van der Waals surface area (Å²) in [7, 11) is 0. The molecule has 20 heavy (non-hydrogen) atoms. The van der Waals surface area contributed by atoms with Crippen molar-refractivity contribution in [3.8, 4) is 11.8 Å². The van der Waals surface area contributed by atoms with E-state index < -0.39 is 0 Å². The second kappa shape index (κ2) is 5.64. The number of carbonyl (C=O) groups is 1. The van der Waals surface area contributed by atoms with Gasteiger partial charge in [0.05, 0.1) is 11.1 Å². The van der Waals surface area contributed by atoms with Gasteiger partial charge in [-0.3, -0.25) is 9.78 Å². The lowest BCUT2D eigenvalue weighted by Crippen LogP contribution is -2.38. The van der Waals surface area contributed by atoms with Crippen LogP contribution in [-0.4, -0.2) is 28.6 Å². The molecule has 2 fully saturated rings. The van der Waals surface area contributed by atoms with Crippen LogP contribution >= 0.6 is 0 Å². The molecule has 2 aliphatic carbocycles. The largest absolute Gasteiger partial charge is 0.384 e. The standard InChI is InChI=1S/C16H18N2O2/c19-7-1-2-13-10-17-6-5-14(13)16(20)18-15-9-11-3-4-12(15)8-11/h5-6,10-12,15,19H,3-4,7-9H2,(H,18,20). The van der Waals surface area contributed by atoms with Crippen LogP contribution in [0, 0.1) is 23.7 Å². The lowest BCUT2D eigenvalue weighted by molar-refractivity contribution is 0.0922. The van der Waals surface area contributed by atoms with Crippen LogP contribution < -0.4 is 5.32 Å². The van der Waals surface area contributed by atoms with Gasteiger partial charge in [-0.2, -0.15) is 0 Å². The van der Waals surface area contributed by atoms with E-state index in [2.05, 4.69) is 22.1 Å². The van der Waals surface area contributed by atoms with E-state index in [1.54, 1.807) is 18.5 Å². The summed E-state index contributed by atoms with van der Waals surface area (Å²) in [5, 5.41) is 11.9. The molecule has 1 heterocycles. The third kappa shape index (κ3) is 2.54. The van der Waals surface area contributed by atoms with Crippen molar-refractivity contribution in [1.82, 2.24) is 10.3 Å². The molecular weight excluding hydrogens is 252 g/mol. The van der Waals surface area contributed by atoms with E-state index in [1.807, 2.05) is 0 Å². The Morgan fingerprint density at radius 1 is 1.45 bits per heavy atom. The van der Waals surface area contributed by atoms with E-state index >= 15 is 0 Å². The first-order chi connectivity index (χ1) is 9.78. The zero-order valence-corrected chi connectivity index (χ0v) is 11.3. The first kappa shape index (κ1) is 13.1. The number of rotatable bonds is 2. The predicted molar refractivity (Wildman–Crippen MR) is 74.9 cm³/mol. The maximum absolute atomic E-state index is 12.4. The maximum atomic E-state index is 12.4. The molecule has 3 unspecified atom stereocenters. The van der Waals surface area contributed by atoms with Gasteiger partial charge in [-0.05, 0) is 37.2 Å². The zero-order valence-electron chi connectivity index (χ0n) is 11.3. The summed E-state index contributed by atoms with van der Waals surface area (Å²) in [5.74, 6) is 6.72. The Morgan fingerprint density at radius 3 is 3.05 bits per heavy atom. The van der Waals surface area contributed by atoms with Gasteiger partial charge in [0.15, 0.2) is 0 Å². The monoisotopic (exact) mass is 270 g/mol. The number of hydrogen-bond acceptors (Lipinski definition) is 3. The fraction of sp³-hybridized carbons (Fsp3) is 0.500. The lowest BCUT2D eigenvalue weighted by Gasteiger charge is -2.23. The highest BCUT2D eigenvalue weighted by molar-refractivity contribution is 5.96. The number of hydrogen-bond donors (Lipinski definition) is 2. The Kier molecular flexibility index (Phi) is 3.70. The number of nitrogens with zero attached hydrogens (tertiary/aromatic N) is 1. The van der Waals surface area contributed by atoms with Crippen molar-refractivity contribution >= 4 is 5.91 Å².